The fourth-order valence-electron chi connectivity index (χ4n) is 3.05. The number of carbonyl (C=O) groups excluding carboxylic acids is 1. The average molecular weight is 252 g/mol. The van der Waals surface area contributed by atoms with Gasteiger partial charge in [0.1, 0.15) is 6.29 Å². The summed E-state index contributed by atoms with van der Waals surface area (Å²) in [5, 5.41) is 8.50. The maximum atomic E-state index is 11.0. The topological polar surface area (TPSA) is 63.6 Å². The lowest BCUT2D eigenvalue weighted by molar-refractivity contribution is -0.137. The second-order valence-electron chi connectivity index (χ2n) is 5.16. The van der Waals surface area contributed by atoms with Crippen LogP contribution in [-0.4, -0.2) is 29.6 Å². The Hall–Kier alpha value is -1.16. The maximum Gasteiger partial charge on any atom is 0.303 e. The van der Waals surface area contributed by atoms with E-state index in [0.29, 0.717) is 12.3 Å². The molecule has 2 aliphatic heterocycles. The summed E-state index contributed by atoms with van der Waals surface area (Å²) in [6, 6.07) is 0. The molecular formula is C14H20O4. The van der Waals surface area contributed by atoms with Crippen molar-refractivity contribution in [3.8, 4) is 0 Å². The van der Waals surface area contributed by atoms with Gasteiger partial charge in [0.25, 0.3) is 0 Å². The van der Waals surface area contributed by atoms with Gasteiger partial charge in [-0.25, -0.2) is 0 Å². The first-order valence-electron chi connectivity index (χ1n) is 6.70. The van der Waals surface area contributed by atoms with Gasteiger partial charge in [-0.05, 0) is 32.1 Å². The number of carboxylic acids is 1. The molecule has 2 heterocycles. The van der Waals surface area contributed by atoms with Crippen molar-refractivity contribution in [3.63, 3.8) is 0 Å². The number of hydrogen-bond acceptors (Lipinski definition) is 3. The fraction of sp³-hybridized carbons (Fsp3) is 0.714. The van der Waals surface area contributed by atoms with E-state index in [2.05, 4.69) is 6.08 Å². The molecule has 0 aromatic carbocycles. The van der Waals surface area contributed by atoms with Gasteiger partial charge in [-0.2, -0.15) is 0 Å². The van der Waals surface area contributed by atoms with Crippen LogP contribution in [0.1, 0.15) is 38.5 Å². The van der Waals surface area contributed by atoms with E-state index in [1.165, 1.54) is 0 Å². The van der Waals surface area contributed by atoms with Crippen LogP contribution in [0.2, 0.25) is 0 Å². The Morgan fingerprint density at radius 3 is 2.78 bits per heavy atom. The second-order valence-corrected chi connectivity index (χ2v) is 5.16. The van der Waals surface area contributed by atoms with Gasteiger partial charge >= 0.3 is 5.97 Å². The molecule has 0 saturated carbocycles. The quantitative estimate of drug-likeness (QED) is 0.428. The van der Waals surface area contributed by atoms with Crippen LogP contribution in [0.4, 0.5) is 0 Å². The van der Waals surface area contributed by atoms with E-state index in [-0.39, 0.29) is 24.5 Å². The smallest absolute Gasteiger partial charge is 0.303 e. The van der Waals surface area contributed by atoms with Crippen molar-refractivity contribution in [2.45, 2.75) is 50.7 Å². The minimum Gasteiger partial charge on any atom is -0.481 e. The summed E-state index contributed by atoms with van der Waals surface area (Å²) >= 11 is 0. The van der Waals surface area contributed by atoms with Crippen molar-refractivity contribution in [1.82, 2.24) is 0 Å². The zero-order chi connectivity index (χ0) is 13.0. The van der Waals surface area contributed by atoms with Crippen molar-refractivity contribution in [1.29, 1.82) is 0 Å². The highest BCUT2D eigenvalue weighted by Gasteiger charge is 2.47. The minimum atomic E-state index is -0.745. The Bertz CT molecular complexity index is 337. The zero-order valence-electron chi connectivity index (χ0n) is 10.5. The van der Waals surface area contributed by atoms with E-state index in [1.54, 1.807) is 0 Å². The summed E-state index contributed by atoms with van der Waals surface area (Å²) in [5.74, 6) is -0.352. The van der Waals surface area contributed by atoms with Gasteiger partial charge in [-0.3, -0.25) is 4.79 Å². The Balaban J connectivity index is 1.71. The van der Waals surface area contributed by atoms with Gasteiger partial charge in [-0.1, -0.05) is 12.2 Å². The molecule has 0 aliphatic carbocycles. The van der Waals surface area contributed by atoms with Gasteiger partial charge in [0, 0.05) is 18.3 Å². The van der Waals surface area contributed by atoms with Gasteiger partial charge in [0.15, 0.2) is 0 Å². The summed E-state index contributed by atoms with van der Waals surface area (Å²) in [7, 11) is 0. The third-order valence-electron chi connectivity index (χ3n) is 3.98. The number of ether oxygens (including phenoxy) is 1. The minimum absolute atomic E-state index is 0.0624. The first-order chi connectivity index (χ1) is 8.72. The Kier molecular flexibility index (Phi) is 4.53. The van der Waals surface area contributed by atoms with Gasteiger partial charge in [-0.15, -0.1) is 0 Å². The standard InChI is InChI=1S/C14H20O4/c15-9-11-10(12-7-8-13(11)18-12)5-3-1-2-4-6-14(16)17/h1,3,9-13H,2,4-8H2,(H,16,17)/t10-,11-,12-,13+/m1/s1. The van der Waals surface area contributed by atoms with Crippen LogP contribution >= 0.6 is 0 Å². The molecular weight excluding hydrogens is 232 g/mol. The van der Waals surface area contributed by atoms with Crippen LogP contribution in [0.15, 0.2) is 12.2 Å². The number of aldehydes is 1. The fourth-order valence-corrected chi connectivity index (χ4v) is 3.05. The monoisotopic (exact) mass is 252 g/mol. The number of aliphatic carboxylic acids is 1. The van der Waals surface area contributed by atoms with E-state index >= 15 is 0 Å². The molecule has 0 radical (unpaired) electrons. The van der Waals surface area contributed by atoms with Gasteiger partial charge in [0.2, 0.25) is 0 Å². The second kappa shape index (κ2) is 6.14. The van der Waals surface area contributed by atoms with E-state index in [9.17, 15) is 9.59 Å². The molecule has 2 bridgehead atoms. The molecule has 0 aromatic heterocycles. The molecule has 4 nitrogen and oxygen atoms in total. The van der Waals surface area contributed by atoms with Crippen LogP contribution in [0, 0.1) is 11.8 Å². The molecule has 2 aliphatic rings. The number of fused-ring (bicyclic) bond motifs is 2. The lowest BCUT2D eigenvalue weighted by atomic mass is 9.78. The molecule has 4 heteroatoms. The molecule has 2 rings (SSSR count). The van der Waals surface area contributed by atoms with Crippen molar-refractivity contribution in [2.24, 2.45) is 11.8 Å². The number of unbranched alkanes of at least 4 members (excludes halogenated alkanes) is 1. The first-order valence-corrected chi connectivity index (χ1v) is 6.70. The first kappa shape index (κ1) is 13.3. The average Bonchev–Trinajstić information content (AvgIpc) is 2.93. The lowest BCUT2D eigenvalue weighted by Crippen LogP contribution is -2.27. The van der Waals surface area contributed by atoms with Crippen LogP contribution < -0.4 is 0 Å². The van der Waals surface area contributed by atoms with Gasteiger partial charge < -0.3 is 14.6 Å². The van der Waals surface area contributed by atoms with E-state index in [0.717, 1.165) is 32.0 Å². The Morgan fingerprint density at radius 2 is 2.06 bits per heavy atom. The highest BCUT2D eigenvalue weighted by molar-refractivity contribution is 5.66. The van der Waals surface area contributed by atoms with Gasteiger partial charge in [0.05, 0.1) is 12.2 Å². The summed E-state index contributed by atoms with van der Waals surface area (Å²) in [6.07, 6.45) is 10.2. The largest absolute Gasteiger partial charge is 0.481 e. The molecule has 18 heavy (non-hydrogen) atoms. The molecule has 2 fully saturated rings. The van der Waals surface area contributed by atoms with E-state index in [1.807, 2.05) is 6.08 Å². The lowest BCUT2D eigenvalue weighted by Gasteiger charge is -2.22. The molecule has 1 N–H and O–H groups in total. The van der Waals surface area contributed by atoms with E-state index < -0.39 is 5.97 Å². The van der Waals surface area contributed by atoms with Crippen molar-refractivity contribution in [3.05, 3.63) is 12.2 Å². The molecule has 0 spiro atoms. The van der Waals surface area contributed by atoms with Crippen LogP contribution in [0.25, 0.3) is 0 Å². The van der Waals surface area contributed by atoms with Crippen LogP contribution in [0.5, 0.6) is 0 Å². The summed E-state index contributed by atoms with van der Waals surface area (Å²) in [5.41, 5.74) is 0. The summed E-state index contributed by atoms with van der Waals surface area (Å²) in [6.45, 7) is 0. The molecule has 4 atom stereocenters. The highest BCUT2D eigenvalue weighted by Crippen LogP contribution is 2.44. The van der Waals surface area contributed by atoms with E-state index in [4.69, 9.17) is 9.84 Å². The predicted molar refractivity (Wildman–Crippen MR) is 66.2 cm³/mol. The van der Waals surface area contributed by atoms with Crippen molar-refractivity contribution < 1.29 is 19.4 Å². The van der Waals surface area contributed by atoms with Crippen LogP contribution in [0.3, 0.4) is 0 Å². The number of rotatable bonds is 7. The number of carboxylic acid groups (broad SMARTS) is 1. The number of allylic oxidation sites excluding steroid dienone is 2. The Morgan fingerprint density at radius 1 is 1.28 bits per heavy atom. The van der Waals surface area contributed by atoms with Crippen molar-refractivity contribution >= 4 is 12.3 Å². The van der Waals surface area contributed by atoms with Crippen molar-refractivity contribution in [2.75, 3.05) is 0 Å². The third kappa shape index (κ3) is 2.99. The Labute approximate surface area is 107 Å². The predicted octanol–water partition coefficient (Wildman–Crippen LogP) is 2.18. The molecule has 0 aromatic rings. The zero-order valence-corrected chi connectivity index (χ0v) is 10.5. The third-order valence-corrected chi connectivity index (χ3v) is 3.98. The SMILES string of the molecule is O=C[C@@H]1[C@@H](CC=CCCCC(=O)O)[C@H]2CC[C@@H]1O2. The number of hydrogen-bond donors (Lipinski definition) is 1. The number of carbonyl (C=O) groups is 2. The maximum absolute atomic E-state index is 11.0. The molecule has 0 amide bonds. The normalized spacial score (nSPS) is 34.2. The summed E-state index contributed by atoms with van der Waals surface area (Å²) < 4.78 is 5.76. The molecule has 2 saturated heterocycles. The molecule has 0 unspecified atom stereocenters. The van der Waals surface area contributed by atoms with Crippen LogP contribution in [-0.2, 0) is 14.3 Å². The highest BCUT2D eigenvalue weighted by atomic mass is 16.5. The summed E-state index contributed by atoms with van der Waals surface area (Å²) in [4.78, 5) is 21.4. The molecule has 100 valence electrons.